The molecule has 0 atom stereocenters. The number of hydrogen-bond acceptors (Lipinski definition) is 5. The molecule has 1 heterocycles. The average Bonchev–Trinajstić information content (AvgIpc) is 3.57. The van der Waals surface area contributed by atoms with Crippen molar-refractivity contribution in [1.29, 1.82) is 0 Å². The number of halogens is 2. The van der Waals surface area contributed by atoms with Gasteiger partial charge >= 0.3 is 6.29 Å². The molecule has 0 amide bonds. The molecule has 182 valence electrons. The molecule has 0 N–H and O–H groups in total. The van der Waals surface area contributed by atoms with Crippen molar-refractivity contribution in [2.75, 3.05) is 5.75 Å². The van der Waals surface area contributed by atoms with E-state index in [1.54, 1.807) is 37.3 Å². The van der Waals surface area contributed by atoms with Gasteiger partial charge in [0.2, 0.25) is 0 Å². The zero-order valence-electron chi connectivity index (χ0n) is 19.3. The first-order valence-corrected chi connectivity index (χ1v) is 13.0. The highest BCUT2D eigenvalue weighted by molar-refractivity contribution is 7.91. The number of benzene rings is 3. The average molecular weight is 499 g/mol. The molecule has 0 spiro atoms. The predicted octanol–water partition coefficient (Wildman–Crippen LogP) is 5.62. The van der Waals surface area contributed by atoms with E-state index in [0.29, 0.717) is 18.4 Å². The molecule has 5 rings (SSSR count). The molecule has 1 aliphatic heterocycles. The van der Waals surface area contributed by atoms with Crippen LogP contribution < -0.4 is 9.47 Å². The predicted molar refractivity (Wildman–Crippen MR) is 127 cm³/mol. The monoisotopic (exact) mass is 498 g/mol. The maximum atomic E-state index is 13.4. The number of Topliss-reactive ketones (excluding diaryl/α,β-unsaturated/α-hetero) is 1. The molecule has 3 aromatic carbocycles. The summed E-state index contributed by atoms with van der Waals surface area (Å²) in [5, 5.41) is 0. The second-order valence-corrected chi connectivity index (χ2v) is 11.4. The van der Waals surface area contributed by atoms with E-state index < -0.39 is 21.5 Å². The minimum Gasteiger partial charge on any atom is -0.395 e. The summed E-state index contributed by atoms with van der Waals surface area (Å²) in [5.41, 5.74) is 3.57. The number of carbonyl (C=O) groups is 1. The van der Waals surface area contributed by atoms with Crippen LogP contribution in [0.3, 0.4) is 0 Å². The Labute approximate surface area is 202 Å². The molecule has 2 aliphatic rings. The second-order valence-electron chi connectivity index (χ2n) is 9.09. The van der Waals surface area contributed by atoms with Crippen molar-refractivity contribution in [2.45, 2.75) is 49.7 Å². The smallest absolute Gasteiger partial charge is 0.395 e. The van der Waals surface area contributed by atoms with Crippen LogP contribution in [0.1, 0.15) is 36.5 Å². The summed E-state index contributed by atoms with van der Waals surface area (Å²) in [7, 11) is -3.28. The van der Waals surface area contributed by atoms with Crippen molar-refractivity contribution in [3.8, 4) is 22.6 Å². The van der Waals surface area contributed by atoms with Gasteiger partial charge in [-0.2, -0.15) is 0 Å². The fourth-order valence-electron chi connectivity index (χ4n) is 4.55. The van der Waals surface area contributed by atoms with E-state index in [0.717, 1.165) is 22.3 Å². The van der Waals surface area contributed by atoms with Gasteiger partial charge in [0.1, 0.15) is 5.78 Å². The van der Waals surface area contributed by atoms with Crippen LogP contribution in [0.5, 0.6) is 11.5 Å². The normalized spacial score (nSPS) is 17.3. The van der Waals surface area contributed by atoms with Crippen LogP contribution in [0.15, 0.2) is 65.6 Å². The van der Waals surface area contributed by atoms with Crippen LogP contribution in [0, 0.1) is 6.92 Å². The van der Waals surface area contributed by atoms with E-state index in [4.69, 9.17) is 0 Å². The lowest BCUT2D eigenvalue weighted by atomic mass is 9.87. The van der Waals surface area contributed by atoms with Crippen LogP contribution in [0.25, 0.3) is 11.1 Å². The van der Waals surface area contributed by atoms with Crippen molar-refractivity contribution in [3.05, 3.63) is 77.4 Å². The van der Waals surface area contributed by atoms with Crippen LogP contribution in [0.4, 0.5) is 8.78 Å². The van der Waals surface area contributed by atoms with E-state index in [1.807, 2.05) is 25.1 Å². The summed E-state index contributed by atoms with van der Waals surface area (Å²) in [5.74, 6) is -0.0424. The van der Waals surface area contributed by atoms with E-state index in [9.17, 15) is 22.0 Å². The van der Waals surface area contributed by atoms with Gasteiger partial charge in [0.05, 0.1) is 16.1 Å². The van der Waals surface area contributed by atoms with Gasteiger partial charge in [0.25, 0.3) is 0 Å². The molecular formula is C27H24F2O5S. The molecule has 0 saturated heterocycles. The van der Waals surface area contributed by atoms with E-state index in [1.165, 1.54) is 12.1 Å². The molecule has 0 bridgehead atoms. The Morgan fingerprint density at radius 2 is 1.63 bits per heavy atom. The van der Waals surface area contributed by atoms with Crippen LogP contribution in [-0.2, 0) is 26.5 Å². The largest absolute Gasteiger partial charge is 0.586 e. The number of aryl methyl sites for hydroxylation is 1. The van der Waals surface area contributed by atoms with Gasteiger partial charge in [-0.05, 0) is 71.8 Å². The quantitative estimate of drug-likeness (QED) is 0.423. The fourth-order valence-corrected chi connectivity index (χ4v) is 5.44. The van der Waals surface area contributed by atoms with E-state index in [-0.39, 0.29) is 34.4 Å². The lowest BCUT2D eigenvalue weighted by Gasteiger charge is -2.16. The van der Waals surface area contributed by atoms with Gasteiger partial charge in [-0.15, -0.1) is 8.78 Å². The van der Waals surface area contributed by atoms with Crippen molar-refractivity contribution >= 4 is 15.6 Å². The van der Waals surface area contributed by atoms with Gasteiger partial charge in [-0.3, -0.25) is 4.79 Å². The fraction of sp³-hybridized carbons (Fsp3) is 0.296. The molecule has 0 unspecified atom stereocenters. The summed E-state index contributed by atoms with van der Waals surface area (Å²) in [4.78, 5) is 13.6. The van der Waals surface area contributed by atoms with Gasteiger partial charge in [0, 0.05) is 6.42 Å². The number of ketones is 1. The van der Waals surface area contributed by atoms with Gasteiger partial charge in [0.15, 0.2) is 21.3 Å². The van der Waals surface area contributed by atoms with Gasteiger partial charge < -0.3 is 9.47 Å². The molecule has 0 aromatic heterocycles. The molecule has 1 fully saturated rings. The SMILES string of the molecule is CCS(=O)(=O)c1ccc(-c2cc(CC(=O)C3(c4ccc5c(c4)OC(F)(F)O5)CC3)ccc2C)cc1. The first-order chi connectivity index (χ1) is 16.5. The number of alkyl halides is 2. The molecule has 5 nitrogen and oxygen atoms in total. The van der Waals surface area contributed by atoms with E-state index >= 15 is 0 Å². The Hall–Kier alpha value is -3.26. The van der Waals surface area contributed by atoms with Crippen LogP contribution >= 0.6 is 0 Å². The lowest BCUT2D eigenvalue weighted by Crippen LogP contribution is -2.26. The molecule has 8 heteroatoms. The standard InChI is InChI=1S/C27H24F2O5S/c1-3-35(31,32)21-9-6-19(7-10-21)22-14-18(5-4-17(22)2)15-25(30)26(12-13-26)20-8-11-23-24(16-20)34-27(28,29)33-23/h4-11,14,16H,3,12-13,15H2,1-2H3. The van der Waals surface area contributed by atoms with Crippen LogP contribution in [0.2, 0.25) is 0 Å². The zero-order chi connectivity index (χ0) is 25.0. The van der Waals surface area contributed by atoms with Crippen molar-refractivity contribution in [3.63, 3.8) is 0 Å². The molecule has 3 aromatic rings. The van der Waals surface area contributed by atoms with Crippen molar-refractivity contribution in [2.24, 2.45) is 0 Å². The number of hydrogen-bond donors (Lipinski definition) is 0. The van der Waals surface area contributed by atoms with Gasteiger partial charge in [-0.25, -0.2) is 8.42 Å². The lowest BCUT2D eigenvalue weighted by molar-refractivity contribution is -0.286. The summed E-state index contributed by atoms with van der Waals surface area (Å²) in [6.45, 7) is 3.57. The highest BCUT2D eigenvalue weighted by atomic mass is 32.2. The molecular weight excluding hydrogens is 474 g/mol. The first-order valence-electron chi connectivity index (χ1n) is 11.4. The Bertz CT molecular complexity index is 1420. The second kappa shape index (κ2) is 8.16. The van der Waals surface area contributed by atoms with Crippen molar-refractivity contribution < 1.29 is 31.5 Å². The van der Waals surface area contributed by atoms with Gasteiger partial charge in [-0.1, -0.05) is 43.3 Å². The van der Waals surface area contributed by atoms with Crippen LogP contribution in [-0.4, -0.2) is 26.2 Å². The van der Waals surface area contributed by atoms with Crippen molar-refractivity contribution in [1.82, 2.24) is 0 Å². The Kier molecular flexibility index (Phi) is 5.47. The molecule has 35 heavy (non-hydrogen) atoms. The number of rotatable bonds is 7. The third kappa shape index (κ3) is 4.31. The molecule has 1 saturated carbocycles. The highest BCUT2D eigenvalue weighted by Crippen LogP contribution is 2.52. The first kappa shape index (κ1) is 23.5. The number of fused-ring (bicyclic) bond motifs is 1. The zero-order valence-corrected chi connectivity index (χ0v) is 20.1. The Morgan fingerprint density at radius 3 is 2.29 bits per heavy atom. The van der Waals surface area contributed by atoms with E-state index in [2.05, 4.69) is 9.47 Å². The number of sulfone groups is 1. The summed E-state index contributed by atoms with van der Waals surface area (Å²) in [6.07, 6.45) is -2.21. The Balaban J connectivity index is 1.38. The number of carbonyl (C=O) groups excluding carboxylic acids is 1. The summed E-state index contributed by atoms with van der Waals surface area (Å²) < 4.78 is 60.0. The number of ether oxygens (including phenoxy) is 2. The minimum atomic E-state index is -3.70. The summed E-state index contributed by atoms with van der Waals surface area (Å²) in [6, 6.07) is 17.1. The Morgan fingerprint density at radius 1 is 0.943 bits per heavy atom. The highest BCUT2D eigenvalue weighted by Gasteiger charge is 2.52. The minimum absolute atomic E-state index is 0.0160. The maximum Gasteiger partial charge on any atom is 0.586 e. The third-order valence-electron chi connectivity index (χ3n) is 6.81. The summed E-state index contributed by atoms with van der Waals surface area (Å²) >= 11 is 0. The molecule has 1 aliphatic carbocycles. The third-order valence-corrected chi connectivity index (χ3v) is 8.56. The maximum absolute atomic E-state index is 13.4. The topological polar surface area (TPSA) is 69.7 Å². The molecule has 0 radical (unpaired) electrons.